The van der Waals surface area contributed by atoms with Gasteiger partial charge in [-0.3, -0.25) is 9.69 Å². The quantitative estimate of drug-likeness (QED) is 0.716. The third-order valence-electron chi connectivity index (χ3n) is 4.85. The van der Waals surface area contributed by atoms with Crippen molar-refractivity contribution in [1.29, 1.82) is 0 Å². The summed E-state index contributed by atoms with van der Waals surface area (Å²) in [6.07, 6.45) is -1.04. The summed E-state index contributed by atoms with van der Waals surface area (Å²) in [6, 6.07) is 4.78. The molecular weight excluding hydrogens is 386 g/mol. The molecule has 0 saturated carbocycles. The van der Waals surface area contributed by atoms with Crippen molar-refractivity contribution in [2.45, 2.75) is 26.9 Å². The molecular formula is C20H18F2N2O5. The van der Waals surface area contributed by atoms with Crippen LogP contribution in [0.2, 0.25) is 0 Å². The molecule has 0 radical (unpaired) electrons. The fourth-order valence-electron chi connectivity index (χ4n) is 3.26. The van der Waals surface area contributed by atoms with Crippen LogP contribution in [-0.4, -0.2) is 31.2 Å². The molecule has 1 saturated heterocycles. The fourth-order valence-corrected chi connectivity index (χ4v) is 3.26. The van der Waals surface area contributed by atoms with Gasteiger partial charge in [0, 0.05) is 24.1 Å². The van der Waals surface area contributed by atoms with Gasteiger partial charge in [-0.15, -0.1) is 0 Å². The second-order valence-corrected chi connectivity index (χ2v) is 6.92. The Morgan fingerprint density at radius 1 is 1.14 bits per heavy atom. The number of carbonyl (C=O) groups excluding carboxylic acids is 2. The summed E-state index contributed by atoms with van der Waals surface area (Å²) in [5.41, 5.74) is 0.500. The van der Waals surface area contributed by atoms with E-state index in [4.69, 9.17) is 14.2 Å². The third kappa shape index (κ3) is 3.22. The van der Waals surface area contributed by atoms with E-state index in [-0.39, 0.29) is 47.4 Å². The second kappa shape index (κ2) is 6.91. The molecule has 0 bridgehead atoms. The molecule has 0 aliphatic carbocycles. The summed E-state index contributed by atoms with van der Waals surface area (Å²) in [7, 11) is 0. The van der Waals surface area contributed by atoms with Crippen molar-refractivity contribution < 1.29 is 32.6 Å². The molecule has 2 aliphatic heterocycles. The molecule has 9 heteroatoms. The summed E-state index contributed by atoms with van der Waals surface area (Å²) in [5, 5.41) is 2.61. The normalized spacial score (nSPS) is 17.1. The van der Waals surface area contributed by atoms with Crippen molar-refractivity contribution in [3.05, 3.63) is 41.0 Å². The molecule has 2 amide bonds. The van der Waals surface area contributed by atoms with Gasteiger partial charge in [-0.2, -0.15) is 0 Å². The number of anilines is 1. The average molecular weight is 404 g/mol. The topological polar surface area (TPSA) is 77.1 Å². The van der Waals surface area contributed by atoms with Crippen LogP contribution in [0.15, 0.2) is 18.2 Å². The third-order valence-corrected chi connectivity index (χ3v) is 4.85. The number of benzene rings is 2. The van der Waals surface area contributed by atoms with Gasteiger partial charge in [0.2, 0.25) is 5.91 Å². The lowest BCUT2D eigenvalue weighted by molar-refractivity contribution is -0.119. The minimum Gasteiger partial charge on any atom is -0.449 e. The van der Waals surface area contributed by atoms with E-state index in [1.165, 1.54) is 25.7 Å². The number of amides is 2. The maximum atomic E-state index is 14.1. The van der Waals surface area contributed by atoms with Gasteiger partial charge in [0.15, 0.2) is 34.6 Å². The molecule has 4 rings (SSSR count). The second-order valence-electron chi connectivity index (χ2n) is 6.92. The molecule has 1 atom stereocenters. The first-order valence-electron chi connectivity index (χ1n) is 8.96. The summed E-state index contributed by atoms with van der Waals surface area (Å²) in [5.74, 6) is -1.38. The van der Waals surface area contributed by atoms with Crippen molar-refractivity contribution >= 4 is 17.7 Å². The molecule has 1 fully saturated rings. The van der Waals surface area contributed by atoms with E-state index >= 15 is 0 Å². The van der Waals surface area contributed by atoms with E-state index in [1.807, 2.05) is 0 Å². The molecule has 2 aromatic rings. The Kier molecular flexibility index (Phi) is 4.52. The van der Waals surface area contributed by atoms with Gasteiger partial charge in [-0.1, -0.05) is 0 Å². The standard InChI is InChI=1S/C20H18F2N2O5/c1-9-16(21)17(22)10(2)19-18(9)28-14-5-4-12(6-15(14)29-19)24-8-13(27-20(24)26)7-23-11(3)25/h4-6,13H,7-8H2,1-3H3,(H,23,25)/t13-/m0/s1. The van der Waals surface area contributed by atoms with Crippen LogP contribution in [0.1, 0.15) is 18.1 Å². The number of hydrogen-bond acceptors (Lipinski definition) is 5. The number of fused-ring (bicyclic) bond motifs is 2. The predicted molar refractivity (Wildman–Crippen MR) is 98.7 cm³/mol. The van der Waals surface area contributed by atoms with Gasteiger partial charge in [-0.05, 0) is 26.0 Å². The highest BCUT2D eigenvalue weighted by atomic mass is 19.2. The zero-order valence-electron chi connectivity index (χ0n) is 16.0. The zero-order chi connectivity index (χ0) is 20.9. The average Bonchev–Trinajstić information content (AvgIpc) is 3.08. The lowest BCUT2D eigenvalue weighted by Gasteiger charge is -2.25. The van der Waals surface area contributed by atoms with Crippen LogP contribution in [0.25, 0.3) is 0 Å². The van der Waals surface area contributed by atoms with Gasteiger partial charge in [-0.25, -0.2) is 13.6 Å². The maximum absolute atomic E-state index is 14.1. The van der Waals surface area contributed by atoms with E-state index in [2.05, 4.69) is 5.32 Å². The smallest absolute Gasteiger partial charge is 0.414 e. The SMILES string of the molecule is CC(=O)NC[C@H]1CN(c2ccc3c(c2)Oc2c(C)c(F)c(F)c(C)c2O3)C(=O)O1. The van der Waals surface area contributed by atoms with Crippen molar-refractivity contribution in [2.75, 3.05) is 18.0 Å². The Hall–Kier alpha value is -3.36. The maximum Gasteiger partial charge on any atom is 0.414 e. The summed E-state index contributed by atoms with van der Waals surface area (Å²) >= 11 is 0. The van der Waals surface area contributed by atoms with Crippen LogP contribution >= 0.6 is 0 Å². The molecule has 2 aliphatic rings. The number of nitrogens with zero attached hydrogens (tertiary/aromatic N) is 1. The Balaban J connectivity index is 1.61. The summed E-state index contributed by atoms with van der Waals surface area (Å²) in [4.78, 5) is 24.6. The van der Waals surface area contributed by atoms with Crippen LogP contribution in [0, 0.1) is 25.5 Å². The molecule has 29 heavy (non-hydrogen) atoms. The number of carbonyl (C=O) groups is 2. The monoisotopic (exact) mass is 404 g/mol. The lowest BCUT2D eigenvalue weighted by atomic mass is 10.1. The Bertz CT molecular complexity index is 1040. The molecule has 2 aromatic carbocycles. The van der Waals surface area contributed by atoms with E-state index in [0.717, 1.165) is 0 Å². The van der Waals surface area contributed by atoms with E-state index < -0.39 is 23.8 Å². The number of rotatable bonds is 3. The van der Waals surface area contributed by atoms with Gasteiger partial charge < -0.3 is 19.5 Å². The molecule has 152 valence electrons. The Labute approximate surface area is 165 Å². The molecule has 0 spiro atoms. The van der Waals surface area contributed by atoms with Crippen molar-refractivity contribution in [3.8, 4) is 23.0 Å². The van der Waals surface area contributed by atoms with E-state index in [9.17, 15) is 18.4 Å². The highest BCUT2D eigenvalue weighted by molar-refractivity contribution is 5.90. The van der Waals surface area contributed by atoms with Crippen LogP contribution in [-0.2, 0) is 9.53 Å². The Morgan fingerprint density at radius 2 is 1.76 bits per heavy atom. The van der Waals surface area contributed by atoms with Gasteiger partial charge in [0.25, 0.3) is 0 Å². The lowest BCUT2D eigenvalue weighted by Crippen LogP contribution is -2.33. The molecule has 2 heterocycles. The van der Waals surface area contributed by atoms with Crippen LogP contribution in [0.4, 0.5) is 19.3 Å². The van der Waals surface area contributed by atoms with E-state index in [0.29, 0.717) is 11.4 Å². The highest BCUT2D eigenvalue weighted by Gasteiger charge is 2.34. The van der Waals surface area contributed by atoms with Crippen molar-refractivity contribution in [1.82, 2.24) is 5.32 Å². The van der Waals surface area contributed by atoms with Crippen LogP contribution in [0.5, 0.6) is 23.0 Å². The summed E-state index contributed by atoms with van der Waals surface area (Å²) < 4.78 is 44.9. The summed E-state index contributed by atoms with van der Waals surface area (Å²) in [6.45, 7) is 4.64. The highest BCUT2D eigenvalue weighted by Crippen LogP contribution is 2.50. The molecule has 0 aromatic heterocycles. The van der Waals surface area contributed by atoms with Crippen molar-refractivity contribution in [2.24, 2.45) is 0 Å². The number of hydrogen-bond donors (Lipinski definition) is 1. The first-order chi connectivity index (χ1) is 13.8. The van der Waals surface area contributed by atoms with Crippen LogP contribution in [0.3, 0.4) is 0 Å². The molecule has 1 N–H and O–H groups in total. The first kappa shape index (κ1) is 19.0. The minimum atomic E-state index is -0.992. The number of ether oxygens (including phenoxy) is 3. The number of halogens is 2. The Morgan fingerprint density at radius 3 is 2.38 bits per heavy atom. The van der Waals surface area contributed by atoms with E-state index in [1.54, 1.807) is 18.2 Å². The van der Waals surface area contributed by atoms with Gasteiger partial charge in [0.1, 0.15) is 6.10 Å². The zero-order valence-corrected chi connectivity index (χ0v) is 16.0. The first-order valence-corrected chi connectivity index (χ1v) is 8.96. The number of nitrogens with one attached hydrogen (secondary N) is 1. The minimum absolute atomic E-state index is 0.00453. The molecule has 7 nitrogen and oxygen atoms in total. The van der Waals surface area contributed by atoms with Gasteiger partial charge in [0.05, 0.1) is 18.8 Å². The largest absolute Gasteiger partial charge is 0.449 e. The van der Waals surface area contributed by atoms with Crippen molar-refractivity contribution in [3.63, 3.8) is 0 Å². The molecule has 0 unspecified atom stereocenters. The van der Waals surface area contributed by atoms with Gasteiger partial charge >= 0.3 is 6.09 Å². The van der Waals surface area contributed by atoms with Crippen LogP contribution < -0.4 is 19.7 Å². The number of cyclic esters (lactones) is 1. The fraction of sp³-hybridized carbons (Fsp3) is 0.300. The predicted octanol–water partition coefficient (Wildman–Crippen LogP) is 3.94.